The summed E-state index contributed by atoms with van der Waals surface area (Å²) in [6, 6.07) is 9.16. The van der Waals surface area contributed by atoms with Crippen LogP contribution in [0.4, 0.5) is 0 Å². The lowest BCUT2D eigenvalue weighted by molar-refractivity contribution is 0.0715. The summed E-state index contributed by atoms with van der Waals surface area (Å²) < 4.78 is 10.6. The van der Waals surface area contributed by atoms with Crippen molar-refractivity contribution in [2.24, 2.45) is 0 Å². The highest BCUT2D eigenvalue weighted by atomic mass is 16.5. The van der Waals surface area contributed by atoms with Crippen LogP contribution in [0.15, 0.2) is 35.1 Å². The lowest BCUT2D eigenvalue weighted by Crippen LogP contribution is -2.16. The number of H-pyrrole nitrogens is 1. The number of carbonyl (C=O) groups is 1. The zero-order chi connectivity index (χ0) is 15.7. The number of fused-ring (bicyclic) bond motifs is 1. The summed E-state index contributed by atoms with van der Waals surface area (Å²) in [5.41, 5.74) is 1.70. The number of benzene rings is 1. The summed E-state index contributed by atoms with van der Waals surface area (Å²) in [6.45, 7) is 4.29. The number of aromatic amines is 1. The first-order valence-electron chi connectivity index (χ1n) is 6.99. The molecule has 0 saturated heterocycles. The van der Waals surface area contributed by atoms with Gasteiger partial charge in [-0.3, -0.25) is 4.79 Å². The summed E-state index contributed by atoms with van der Waals surface area (Å²) in [5, 5.41) is 0. The fraction of sp³-hybridized carbons (Fsp3) is 0.176. The Morgan fingerprint density at radius 3 is 2.64 bits per heavy atom. The van der Waals surface area contributed by atoms with E-state index in [1.54, 1.807) is 19.1 Å². The molecule has 1 aromatic carbocycles. The second kappa shape index (κ2) is 5.52. The van der Waals surface area contributed by atoms with Crippen LogP contribution in [0.25, 0.3) is 11.8 Å². The molecule has 0 fully saturated rings. The SMILES string of the molecule is CCOc1ccc(/C=C2\OC(=O)c3c2cc(C)[nH]c3=O)cc1. The Morgan fingerprint density at radius 1 is 1.23 bits per heavy atom. The zero-order valence-corrected chi connectivity index (χ0v) is 12.3. The predicted octanol–water partition coefficient (Wildman–Crippen LogP) is 2.75. The highest BCUT2D eigenvalue weighted by molar-refractivity contribution is 6.05. The average molecular weight is 297 g/mol. The summed E-state index contributed by atoms with van der Waals surface area (Å²) in [6.07, 6.45) is 1.73. The third kappa shape index (κ3) is 2.53. The van der Waals surface area contributed by atoms with E-state index in [4.69, 9.17) is 9.47 Å². The van der Waals surface area contributed by atoms with Crippen molar-refractivity contribution >= 4 is 17.8 Å². The molecule has 3 rings (SSSR count). The Kier molecular flexibility index (Phi) is 3.55. The van der Waals surface area contributed by atoms with Gasteiger partial charge in [0, 0.05) is 11.3 Å². The van der Waals surface area contributed by atoms with Crippen LogP contribution in [-0.4, -0.2) is 17.6 Å². The highest BCUT2D eigenvalue weighted by Crippen LogP contribution is 2.29. The van der Waals surface area contributed by atoms with E-state index in [-0.39, 0.29) is 5.56 Å². The summed E-state index contributed by atoms with van der Waals surface area (Å²) in [5.74, 6) is 0.549. The Balaban J connectivity index is 2.01. The van der Waals surface area contributed by atoms with Crippen LogP contribution < -0.4 is 10.3 Å². The van der Waals surface area contributed by atoms with Gasteiger partial charge in [0.2, 0.25) is 0 Å². The maximum atomic E-state index is 11.9. The van der Waals surface area contributed by atoms with E-state index in [2.05, 4.69) is 4.98 Å². The van der Waals surface area contributed by atoms with Gasteiger partial charge in [-0.25, -0.2) is 4.79 Å². The lowest BCUT2D eigenvalue weighted by Gasteiger charge is -2.03. The maximum Gasteiger partial charge on any atom is 0.349 e. The van der Waals surface area contributed by atoms with Crippen LogP contribution in [0.5, 0.6) is 5.75 Å². The molecule has 2 aromatic rings. The number of ether oxygens (including phenoxy) is 2. The van der Waals surface area contributed by atoms with Gasteiger partial charge in [0.25, 0.3) is 5.56 Å². The zero-order valence-electron chi connectivity index (χ0n) is 12.3. The van der Waals surface area contributed by atoms with Crippen molar-refractivity contribution in [3.63, 3.8) is 0 Å². The number of cyclic esters (lactones) is 1. The number of aryl methyl sites for hydroxylation is 1. The smallest absolute Gasteiger partial charge is 0.349 e. The number of hydrogen-bond donors (Lipinski definition) is 1. The minimum atomic E-state index is -0.617. The monoisotopic (exact) mass is 297 g/mol. The van der Waals surface area contributed by atoms with Crippen LogP contribution in [0.2, 0.25) is 0 Å². The minimum Gasteiger partial charge on any atom is -0.494 e. The quantitative estimate of drug-likeness (QED) is 0.884. The van der Waals surface area contributed by atoms with E-state index in [1.165, 1.54) is 0 Å². The summed E-state index contributed by atoms with van der Waals surface area (Å²) in [7, 11) is 0. The third-order valence-corrected chi connectivity index (χ3v) is 3.33. The van der Waals surface area contributed by atoms with Crippen LogP contribution >= 0.6 is 0 Å². The molecule has 1 N–H and O–H groups in total. The van der Waals surface area contributed by atoms with Crippen molar-refractivity contribution in [3.05, 3.63) is 63.1 Å². The first kappa shape index (κ1) is 14.1. The first-order chi connectivity index (χ1) is 10.6. The molecule has 0 amide bonds. The van der Waals surface area contributed by atoms with Gasteiger partial charge >= 0.3 is 5.97 Å². The van der Waals surface area contributed by atoms with Gasteiger partial charge in [0.05, 0.1) is 6.61 Å². The predicted molar refractivity (Wildman–Crippen MR) is 82.7 cm³/mol. The Labute approximate surface area is 127 Å². The van der Waals surface area contributed by atoms with E-state index in [0.717, 1.165) is 11.3 Å². The van der Waals surface area contributed by atoms with Gasteiger partial charge < -0.3 is 14.5 Å². The van der Waals surface area contributed by atoms with Crippen LogP contribution in [0, 0.1) is 6.92 Å². The summed E-state index contributed by atoms with van der Waals surface area (Å²) in [4.78, 5) is 26.3. The molecular weight excluding hydrogens is 282 g/mol. The molecule has 1 aliphatic rings. The molecule has 5 nitrogen and oxygen atoms in total. The molecule has 5 heteroatoms. The number of pyridine rings is 1. The number of rotatable bonds is 3. The van der Waals surface area contributed by atoms with Crippen molar-refractivity contribution < 1.29 is 14.3 Å². The Morgan fingerprint density at radius 2 is 1.95 bits per heavy atom. The highest BCUT2D eigenvalue weighted by Gasteiger charge is 2.29. The lowest BCUT2D eigenvalue weighted by atomic mass is 10.1. The van der Waals surface area contributed by atoms with E-state index in [0.29, 0.717) is 23.6 Å². The van der Waals surface area contributed by atoms with Crippen molar-refractivity contribution in [3.8, 4) is 5.75 Å². The molecule has 22 heavy (non-hydrogen) atoms. The molecule has 112 valence electrons. The van der Waals surface area contributed by atoms with E-state index >= 15 is 0 Å². The number of nitrogens with one attached hydrogen (secondary N) is 1. The number of esters is 1. The van der Waals surface area contributed by atoms with Gasteiger partial charge in [-0.15, -0.1) is 0 Å². The summed E-state index contributed by atoms with van der Waals surface area (Å²) >= 11 is 0. The molecule has 0 spiro atoms. The number of carbonyl (C=O) groups excluding carboxylic acids is 1. The first-order valence-corrected chi connectivity index (χ1v) is 6.99. The van der Waals surface area contributed by atoms with Gasteiger partial charge in [0.15, 0.2) is 0 Å². The molecule has 0 unspecified atom stereocenters. The fourth-order valence-electron chi connectivity index (χ4n) is 2.38. The van der Waals surface area contributed by atoms with E-state index < -0.39 is 11.5 Å². The molecule has 1 aromatic heterocycles. The van der Waals surface area contributed by atoms with Crippen LogP contribution in [-0.2, 0) is 4.74 Å². The molecule has 0 bridgehead atoms. The topological polar surface area (TPSA) is 68.4 Å². The molecule has 2 heterocycles. The Hall–Kier alpha value is -2.82. The third-order valence-electron chi connectivity index (χ3n) is 3.33. The molecule has 0 aliphatic carbocycles. The van der Waals surface area contributed by atoms with Gasteiger partial charge in [-0.1, -0.05) is 12.1 Å². The van der Waals surface area contributed by atoms with Crippen molar-refractivity contribution in [1.82, 2.24) is 4.98 Å². The van der Waals surface area contributed by atoms with Crippen LogP contribution in [0.1, 0.15) is 34.1 Å². The number of hydrogen-bond acceptors (Lipinski definition) is 4. The molecule has 0 radical (unpaired) electrons. The van der Waals surface area contributed by atoms with E-state index in [9.17, 15) is 9.59 Å². The maximum absolute atomic E-state index is 11.9. The second-order valence-electron chi connectivity index (χ2n) is 4.97. The molecule has 0 atom stereocenters. The molecule has 0 saturated carbocycles. The molecular formula is C17H15NO4. The van der Waals surface area contributed by atoms with E-state index in [1.807, 2.05) is 31.2 Å². The van der Waals surface area contributed by atoms with Crippen molar-refractivity contribution in [1.29, 1.82) is 0 Å². The standard InChI is InChI=1S/C17H15NO4/c1-3-21-12-6-4-11(5-7-12)9-14-13-8-10(2)18-16(19)15(13)17(20)22-14/h4-9H,3H2,1-2H3,(H,18,19)/b14-9-. The van der Waals surface area contributed by atoms with Crippen molar-refractivity contribution in [2.45, 2.75) is 13.8 Å². The number of aromatic nitrogens is 1. The normalized spacial score (nSPS) is 14.8. The Bertz CT molecular complexity index is 816. The fourth-order valence-corrected chi connectivity index (χ4v) is 2.38. The van der Waals surface area contributed by atoms with Crippen molar-refractivity contribution in [2.75, 3.05) is 6.61 Å². The van der Waals surface area contributed by atoms with Gasteiger partial charge in [-0.2, -0.15) is 0 Å². The second-order valence-corrected chi connectivity index (χ2v) is 4.97. The molecule has 1 aliphatic heterocycles. The minimum absolute atomic E-state index is 0.0581. The van der Waals surface area contributed by atoms with Gasteiger partial charge in [0.1, 0.15) is 17.1 Å². The largest absolute Gasteiger partial charge is 0.494 e. The van der Waals surface area contributed by atoms with Gasteiger partial charge in [-0.05, 0) is 43.7 Å². The van der Waals surface area contributed by atoms with Crippen LogP contribution in [0.3, 0.4) is 0 Å². The average Bonchev–Trinajstić information content (AvgIpc) is 2.77.